The van der Waals surface area contributed by atoms with Crippen molar-refractivity contribution in [3.8, 4) is 11.5 Å². The molecule has 7 nitrogen and oxygen atoms in total. The van der Waals surface area contributed by atoms with Crippen molar-refractivity contribution < 1.29 is 14.0 Å². The Balaban J connectivity index is 1.55. The molecule has 0 saturated heterocycles. The molecule has 0 aliphatic carbocycles. The van der Waals surface area contributed by atoms with Crippen LogP contribution in [0.5, 0.6) is 11.5 Å². The van der Waals surface area contributed by atoms with Crippen molar-refractivity contribution in [3.63, 3.8) is 0 Å². The normalized spacial score (nSPS) is 11.5. The molecule has 1 aromatic heterocycles. The predicted octanol–water partition coefficient (Wildman–Crippen LogP) is 4.11. The summed E-state index contributed by atoms with van der Waals surface area (Å²) < 4.78 is 17.3. The molecular formula is C21H23BrN4O3. The summed E-state index contributed by atoms with van der Waals surface area (Å²) in [5.41, 5.74) is 8.68. The lowest BCUT2D eigenvalue weighted by atomic mass is 10.2. The number of aryl methyl sites for hydroxylation is 1. The number of ether oxygens (including phenoxy) is 2. The lowest BCUT2D eigenvalue weighted by molar-refractivity contribution is 0.333. The molecule has 0 radical (unpaired) electrons. The minimum atomic E-state index is 0.162. The van der Waals surface area contributed by atoms with Gasteiger partial charge in [0.2, 0.25) is 0 Å². The van der Waals surface area contributed by atoms with Gasteiger partial charge < -0.3 is 25.0 Å². The topological polar surface area (TPSA) is 94.9 Å². The predicted molar refractivity (Wildman–Crippen MR) is 116 cm³/mol. The van der Waals surface area contributed by atoms with Crippen LogP contribution in [0.4, 0.5) is 5.69 Å². The Labute approximate surface area is 178 Å². The first-order valence-corrected chi connectivity index (χ1v) is 9.84. The monoisotopic (exact) mass is 458 g/mol. The summed E-state index contributed by atoms with van der Waals surface area (Å²) in [7, 11) is 1.61. The molecule has 0 spiro atoms. The zero-order valence-electron chi connectivity index (χ0n) is 16.3. The van der Waals surface area contributed by atoms with E-state index in [1.807, 2.05) is 55.5 Å². The second-order valence-electron chi connectivity index (χ2n) is 6.39. The summed E-state index contributed by atoms with van der Waals surface area (Å²) in [6.45, 7) is 3.32. The smallest absolute Gasteiger partial charge is 0.161 e. The highest BCUT2D eigenvalue weighted by Crippen LogP contribution is 2.28. The molecule has 1 heterocycles. The number of nitrogens with zero attached hydrogens (tertiary/aromatic N) is 2. The van der Waals surface area contributed by atoms with Crippen molar-refractivity contribution in [1.82, 2.24) is 10.5 Å². The molecular weight excluding hydrogens is 436 g/mol. The average Bonchev–Trinajstić information content (AvgIpc) is 3.13. The van der Waals surface area contributed by atoms with Gasteiger partial charge in [0.1, 0.15) is 18.2 Å². The lowest BCUT2D eigenvalue weighted by Crippen LogP contribution is -2.21. The van der Waals surface area contributed by atoms with Crippen LogP contribution in [0, 0.1) is 6.92 Å². The van der Waals surface area contributed by atoms with Gasteiger partial charge in [-0.3, -0.25) is 0 Å². The van der Waals surface area contributed by atoms with Crippen LogP contribution in [0.1, 0.15) is 17.0 Å². The number of nitrogens with one attached hydrogen (secondary N) is 1. The molecule has 0 bridgehead atoms. The Hall–Kier alpha value is -2.84. The van der Waals surface area contributed by atoms with Gasteiger partial charge in [-0.05, 0) is 48.9 Å². The minimum absolute atomic E-state index is 0.162. The fraction of sp³-hybridized carbons (Fsp3) is 0.238. The number of rotatable bonds is 9. The quantitative estimate of drug-likeness (QED) is 0.370. The third kappa shape index (κ3) is 6.33. The fourth-order valence-corrected chi connectivity index (χ4v) is 2.91. The number of hydrogen-bond acceptors (Lipinski definition) is 6. The maximum Gasteiger partial charge on any atom is 0.161 e. The first-order valence-electron chi connectivity index (χ1n) is 9.04. The number of nitrogens with two attached hydrogens (primary N) is 1. The Morgan fingerprint density at radius 1 is 1.14 bits per heavy atom. The van der Waals surface area contributed by atoms with Crippen molar-refractivity contribution in [3.05, 3.63) is 70.0 Å². The molecule has 2 aromatic carbocycles. The largest absolute Gasteiger partial charge is 0.493 e. The van der Waals surface area contributed by atoms with Crippen molar-refractivity contribution in [2.45, 2.75) is 20.0 Å². The Morgan fingerprint density at radius 3 is 2.62 bits per heavy atom. The van der Waals surface area contributed by atoms with Crippen molar-refractivity contribution in [2.75, 3.05) is 13.7 Å². The summed E-state index contributed by atoms with van der Waals surface area (Å²) in [4.78, 5) is 4.34. The number of halogens is 1. The third-order valence-electron chi connectivity index (χ3n) is 4.01. The molecule has 0 fully saturated rings. The van der Waals surface area contributed by atoms with E-state index < -0.39 is 0 Å². The molecule has 0 aliphatic heterocycles. The van der Waals surface area contributed by atoms with E-state index in [4.69, 9.17) is 19.7 Å². The first kappa shape index (κ1) is 20.9. The maximum absolute atomic E-state index is 5.98. The number of benzene rings is 2. The highest BCUT2D eigenvalue weighted by Gasteiger charge is 2.08. The van der Waals surface area contributed by atoms with Gasteiger partial charge in [-0.2, -0.15) is 0 Å². The number of hydrogen-bond donors (Lipinski definition) is 2. The molecule has 0 aliphatic rings. The van der Waals surface area contributed by atoms with Gasteiger partial charge >= 0.3 is 0 Å². The molecule has 29 heavy (non-hydrogen) atoms. The van der Waals surface area contributed by atoms with E-state index in [2.05, 4.69) is 31.4 Å². The number of amidine groups is 1. The van der Waals surface area contributed by atoms with E-state index in [1.165, 1.54) is 0 Å². The van der Waals surface area contributed by atoms with Crippen molar-refractivity contribution >= 4 is 27.5 Å². The zero-order valence-corrected chi connectivity index (χ0v) is 17.9. The second-order valence-corrected chi connectivity index (χ2v) is 7.30. The molecule has 0 unspecified atom stereocenters. The SMILES string of the molecule is COc1cc(CNCc2cc(C)on2)ccc1OCC(N)=Nc1ccc(Br)cc1. The van der Waals surface area contributed by atoms with E-state index in [-0.39, 0.29) is 6.61 Å². The van der Waals surface area contributed by atoms with Crippen LogP contribution in [0.2, 0.25) is 0 Å². The van der Waals surface area contributed by atoms with Crippen LogP contribution in [-0.4, -0.2) is 24.7 Å². The average molecular weight is 459 g/mol. The molecule has 152 valence electrons. The van der Waals surface area contributed by atoms with E-state index >= 15 is 0 Å². The van der Waals surface area contributed by atoms with Crippen molar-refractivity contribution in [1.29, 1.82) is 0 Å². The second kappa shape index (κ2) is 10.1. The Morgan fingerprint density at radius 2 is 1.93 bits per heavy atom. The van der Waals surface area contributed by atoms with Crippen LogP contribution < -0.4 is 20.5 Å². The molecule has 0 amide bonds. The standard InChI is InChI=1S/C21H23BrN4O3/c1-14-9-18(26-29-14)12-24-11-15-3-8-19(20(10-15)27-2)28-13-21(23)25-17-6-4-16(22)5-7-17/h3-10,24H,11-13H2,1-2H3,(H2,23,25). The molecule has 8 heteroatoms. The van der Waals surface area contributed by atoms with Gasteiger partial charge in [-0.15, -0.1) is 0 Å². The summed E-state index contributed by atoms with van der Waals surface area (Å²) >= 11 is 3.39. The molecule has 0 saturated carbocycles. The van der Waals surface area contributed by atoms with Gasteiger partial charge in [0, 0.05) is 23.6 Å². The van der Waals surface area contributed by atoms with Crippen LogP contribution >= 0.6 is 15.9 Å². The van der Waals surface area contributed by atoms with Gasteiger partial charge in [0.25, 0.3) is 0 Å². The van der Waals surface area contributed by atoms with Crippen LogP contribution in [0.15, 0.2) is 62.5 Å². The summed E-state index contributed by atoms with van der Waals surface area (Å²) in [5, 5.41) is 7.28. The number of methoxy groups -OCH3 is 1. The highest BCUT2D eigenvalue weighted by atomic mass is 79.9. The van der Waals surface area contributed by atoms with Crippen molar-refractivity contribution in [2.24, 2.45) is 10.7 Å². The van der Waals surface area contributed by atoms with Crippen LogP contribution in [0.3, 0.4) is 0 Å². The molecule has 0 atom stereocenters. The summed E-state index contributed by atoms with van der Waals surface area (Å²) in [6.07, 6.45) is 0. The first-order chi connectivity index (χ1) is 14.0. The van der Waals surface area contributed by atoms with Gasteiger partial charge in [0.15, 0.2) is 11.5 Å². The summed E-state index contributed by atoms with van der Waals surface area (Å²) in [5.74, 6) is 2.42. The maximum atomic E-state index is 5.98. The van der Waals surface area contributed by atoms with E-state index in [0.717, 1.165) is 27.2 Å². The van der Waals surface area contributed by atoms with Crippen LogP contribution in [0.25, 0.3) is 0 Å². The summed E-state index contributed by atoms with van der Waals surface area (Å²) in [6, 6.07) is 15.2. The molecule has 3 aromatic rings. The molecule has 3 rings (SSSR count). The minimum Gasteiger partial charge on any atom is -0.493 e. The van der Waals surface area contributed by atoms with E-state index in [0.29, 0.717) is 30.4 Å². The van der Waals surface area contributed by atoms with Gasteiger partial charge in [0.05, 0.1) is 18.5 Å². The number of aliphatic imine (C=N–C) groups is 1. The number of aromatic nitrogens is 1. The Bertz CT molecular complexity index is 970. The highest BCUT2D eigenvalue weighted by molar-refractivity contribution is 9.10. The van der Waals surface area contributed by atoms with Gasteiger partial charge in [-0.25, -0.2) is 4.99 Å². The van der Waals surface area contributed by atoms with E-state index in [9.17, 15) is 0 Å². The Kier molecular flexibility index (Phi) is 7.26. The molecule has 3 N–H and O–H groups in total. The zero-order chi connectivity index (χ0) is 20.6. The fourth-order valence-electron chi connectivity index (χ4n) is 2.64. The third-order valence-corrected chi connectivity index (χ3v) is 4.54. The lowest BCUT2D eigenvalue weighted by Gasteiger charge is -2.12. The van der Waals surface area contributed by atoms with Crippen LogP contribution in [-0.2, 0) is 13.1 Å². The van der Waals surface area contributed by atoms with E-state index in [1.54, 1.807) is 7.11 Å². The van der Waals surface area contributed by atoms with Gasteiger partial charge in [-0.1, -0.05) is 27.2 Å².